The van der Waals surface area contributed by atoms with Crippen LogP contribution in [0.4, 0.5) is 5.69 Å². The van der Waals surface area contributed by atoms with E-state index >= 15 is 0 Å². The lowest BCUT2D eigenvalue weighted by Crippen LogP contribution is -2.28. The zero-order valence-corrected chi connectivity index (χ0v) is 25.7. The molecule has 1 N–H and O–H groups in total. The molecule has 0 atom stereocenters. The molecule has 1 saturated heterocycles. The van der Waals surface area contributed by atoms with Crippen LogP contribution in [0, 0.1) is 0 Å². The highest BCUT2D eigenvalue weighted by molar-refractivity contribution is 8.18. The predicted octanol–water partition coefficient (Wildman–Crippen LogP) is 8.58. The molecule has 45 heavy (non-hydrogen) atoms. The summed E-state index contributed by atoms with van der Waals surface area (Å²) in [4.78, 5) is 31.8. The largest absolute Gasteiger partial charge is 0.493 e. The molecular formula is C36H27ClN2O5S. The number of benzene rings is 5. The second-order valence-electron chi connectivity index (χ2n) is 10.2. The van der Waals surface area contributed by atoms with Crippen molar-refractivity contribution < 1.29 is 24.2 Å². The molecule has 1 aliphatic rings. The number of methoxy groups -OCH3 is 1. The fourth-order valence-electron chi connectivity index (χ4n) is 4.88. The van der Waals surface area contributed by atoms with Gasteiger partial charge in [-0.1, -0.05) is 78.3 Å². The number of amides is 1. The van der Waals surface area contributed by atoms with Gasteiger partial charge in [0, 0.05) is 0 Å². The van der Waals surface area contributed by atoms with Crippen LogP contribution in [0.15, 0.2) is 119 Å². The Bertz CT molecular complexity index is 1960. The van der Waals surface area contributed by atoms with Crippen molar-refractivity contribution in [3.8, 4) is 11.5 Å². The van der Waals surface area contributed by atoms with Crippen LogP contribution in [0.25, 0.3) is 16.8 Å². The van der Waals surface area contributed by atoms with Crippen LogP contribution in [0.2, 0.25) is 5.02 Å². The maximum Gasteiger partial charge on any atom is 0.335 e. The summed E-state index contributed by atoms with van der Waals surface area (Å²) in [7, 11) is 1.54. The van der Waals surface area contributed by atoms with Gasteiger partial charge in [0.1, 0.15) is 6.61 Å². The lowest BCUT2D eigenvalue weighted by Gasteiger charge is -2.16. The highest BCUT2D eigenvalue weighted by atomic mass is 35.5. The fraction of sp³-hybridized carbons (Fsp3) is 0.0833. The molecule has 1 heterocycles. The summed E-state index contributed by atoms with van der Waals surface area (Å²) in [6.07, 6.45) is 1.75. The van der Waals surface area contributed by atoms with E-state index in [9.17, 15) is 14.7 Å². The van der Waals surface area contributed by atoms with E-state index in [0.717, 1.165) is 21.9 Å². The predicted molar refractivity (Wildman–Crippen MR) is 179 cm³/mol. The number of carbonyl (C=O) groups excluding carboxylic acids is 1. The minimum atomic E-state index is -1.01. The first kappa shape index (κ1) is 30.0. The van der Waals surface area contributed by atoms with Gasteiger partial charge in [-0.15, -0.1) is 0 Å². The van der Waals surface area contributed by atoms with Gasteiger partial charge in [0.15, 0.2) is 16.7 Å². The number of halogens is 1. The number of aromatic carboxylic acids is 1. The minimum Gasteiger partial charge on any atom is -0.493 e. The van der Waals surface area contributed by atoms with Crippen LogP contribution in [0.5, 0.6) is 11.5 Å². The van der Waals surface area contributed by atoms with Gasteiger partial charge in [-0.3, -0.25) is 9.69 Å². The van der Waals surface area contributed by atoms with Crippen molar-refractivity contribution in [3.63, 3.8) is 0 Å². The molecule has 0 spiro atoms. The molecule has 5 aromatic rings. The number of carboxylic acid groups (broad SMARTS) is 1. The Morgan fingerprint density at radius 2 is 1.62 bits per heavy atom. The third-order valence-electron chi connectivity index (χ3n) is 7.16. The van der Waals surface area contributed by atoms with Crippen molar-refractivity contribution in [2.45, 2.75) is 13.2 Å². The molecule has 0 radical (unpaired) electrons. The van der Waals surface area contributed by atoms with Crippen LogP contribution in [0.3, 0.4) is 0 Å². The molecule has 0 bridgehead atoms. The number of hydrogen-bond donors (Lipinski definition) is 1. The van der Waals surface area contributed by atoms with Gasteiger partial charge in [-0.05, 0) is 87.8 Å². The molecule has 1 amide bonds. The molecule has 1 fully saturated rings. The van der Waals surface area contributed by atoms with Gasteiger partial charge in [0.2, 0.25) is 0 Å². The summed E-state index contributed by atoms with van der Waals surface area (Å²) in [5.74, 6) is -0.384. The SMILES string of the molecule is COc1cc(/C=C2\SC(=Nc3ccccc3)N(Cc3ccc(C(=O)O)cc3)C2=O)cc(Cl)c1OCc1ccc2ccccc2c1. The first-order valence-electron chi connectivity index (χ1n) is 14.0. The Balaban J connectivity index is 1.26. The van der Waals surface area contributed by atoms with Crippen LogP contribution >= 0.6 is 23.4 Å². The monoisotopic (exact) mass is 634 g/mol. The molecule has 9 heteroatoms. The lowest BCUT2D eigenvalue weighted by atomic mass is 10.1. The maximum absolute atomic E-state index is 13.7. The van der Waals surface area contributed by atoms with Crippen molar-refractivity contribution in [2.24, 2.45) is 4.99 Å². The normalized spacial score (nSPS) is 14.8. The smallest absolute Gasteiger partial charge is 0.335 e. The molecule has 0 aliphatic carbocycles. The second-order valence-corrected chi connectivity index (χ2v) is 11.7. The Hall–Kier alpha value is -5.05. The quantitative estimate of drug-likeness (QED) is 0.163. The van der Waals surface area contributed by atoms with E-state index in [4.69, 9.17) is 26.1 Å². The standard InChI is InChI=1S/C36H27ClN2O5S/c1-43-31-19-25(18-30(37)33(31)44-22-24-13-14-26-7-5-6-8-28(26)17-24)20-32-34(40)39(21-23-11-15-27(16-12-23)35(41)42)36(45-32)38-29-9-3-2-4-10-29/h2-20H,21-22H2,1H3,(H,41,42)/b32-20-,38-36?. The van der Waals surface area contributed by atoms with E-state index in [0.29, 0.717) is 44.5 Å². The third-order valence-corrected chi connectivity index (χ3v) is 8.44. The van der Waals surface area contributed by atoms with Crippen LogP contribution in [-0.2, 0) is 17.9 Å². The molecule has 1 aliphatic heterocycles. The Kier molecular flexibility index (Phi) is 8.86. The van der Waals surface area contributed by atoms with E-state index < -0.39 is 5.97 Å². The summed E-state index contributed by atoms with van der Waals surface area (Å²) in [5.41, 5.74) is 3.31. The van der Waals surface area contributed by atoms with Gasteiger partial charge in [-0.25, -0.2) is 9.79 Å². The number of aliphatic imine (C=N–C) groups is 1. The van der Waals surface area contributed by atoms with Crippen LogP contribution in [-0.4, -0.2) is 34.2 Å². The fourth-order valence-corrected chi connectivity index (χ4v) is 6.15. The number of para-hydroxylation sites is 1. The molecular weight excluding hydrogens is 608 g/mol. The number of carbonyl (C=O) groups is 2. The second kappa shape index (κ2) is 13.3. The molecule has 5 aromatic carbocycles. The maximum atomic E-state index is 13.7. The zero-order chi connectivity index (χ0) is 31.3. The topological polar surface area (TPSA) is 88.4 Å². The minimum absolute atomic E-state index is 0.176. The Morgan fingerprint density at radius 1 is 0.911 bits per heavy atom. The van der Waals surface area contributed by atoms with Crippen LogP contribution < -0.4 is 9.47 Å². The average Bonchev–Trinajstić information content (AvgIpc) is 3.33. The highest BCUT2D eigenvalue weighted by Gasteiger charge is 2.33. The van der Waals surface area contributed by atoms with E-state index in [1.807, 2.05) is 48.5 Å². The summed E-state index contributed by atoms with van der Waals surface area (Å²) < 4.78 is 11.8. The van der Waals surface area contributed by atoms with Gasteiger partial charge in [-0.2, -0.15) is 0 Å². The van der Waals surface area contributed by atoms with Crippen molar-refractivity contribution in [1.29, 1.82) is 0 Å². The molecule has 6 rings (SSSR count). The number of ether oxygens (including phenoxy) is 2. The lowest BCUT2D eigenvalue weighted by molar-refractivity contribution is -0.122. The van der Waals surface area contributed by atoms with Crippen molar-refractivity contribution in [1.82, 2.24) is 4.90 Å². The van der Waals surface area contributed by atoms with Crippen molar-refractivity contribution in [2.75, 3.05) is 7.11 Å². The third kappa shape index (κ3) is 6.87. The number of thioether (sulfide) groups is 1. The van der Waals surface area contributed by atoms with Crippen molar-refractivity contribution in [3.05, 3.63) is 141 Å². The Morgan fingerprint density at radius 3 is 2.36 bits per heavy atom. The van der Waals surface area contributed by atoms with E-state index in [-0.39, 0.29) is 18.0 Å². The molecule has 224 valence electrons. The van der Waals surface area contributed by atoms with Gasteiger partial charge >= 0.3 is 5.97 Å². The number of carboxylic acids is 1. The summed E-state index contributed by atoms with van der Waals surface area (Å²) in [5, 5.41) is 12.4. The Labute approximate surface area is 269 Å². The number of nitrogens with zero attached hydrogens (tertiary/aromatic N) is 2. The molecule has 0 aromatic heterocycles. The molecule has 0 unspecified atom stereocenters. The van der Waals surface area contributed by atoms with Crippen molar-refractivity contribution >= 4 is 62.9 Å². The van der Waals surface area contributed by atoms with Gasteiger partial charge in [0.25, 0.3) is 5.91 Å². The first-order valence-corrected chi connectivity index (χ1v) is 15.2. The first-order chi connectivity index (χ1) is 21.9. The van der Waals surface area contributed by atoms with E-state index in [1.54, 1.807) is 42.4 Å². The van der Waals surface area contributed by atoms with E-state index in [2.05, 4.69) is 24.3 Å². The zero-order valence-electron chi connectivity index (χ0n) is 24.1. The number of rotatable bonds is 9. The average molecular weight is 635 g/mol. The van der Waals surface area contributed by atoms with Crippen LogP contribution in [0.1, 0.15) is 27.0 Å². The molecule has 7 nitrogen and oxygen atoms in total. The summed E-state index contributed by atoms with van der Waals surface area (Å²) in [6.45, 7) is 0.526. The highest BCUT2D eigenvalue weighted by Crippen LogP contribution is 2.40. The van der Waals surface area contributed by atoms with E-state index in [1.165, 1.54) is 23.9 Å². The number of hydrogen-bond acceptors (Lipinski definition) is 6. The summed E-state index contributed by atoms with van der Waals surface area (Å²) >= 11 is 7.96. The number of amidine groups is 1. The molecule has 0 saturated carbocycles. The van der Waals surface area contributed by atoms with Gasteiger partial charge in [0.05, 0.1) is 34.8 Å². The van der Waals surface area contributed by atoms with Gasteiger partial charge < -0.3 is 14.6 Å². The summed E-state index contributed by atoms with van der Waals surface area (Å²) in [6, 6.07) is 33.6. The number of fused-ring (bicyclic) bond motifs is 1.